The van der Waals surface area contributed by atoms with E-state index in [2.05, 4.69) is 40.3 Å². The quantitative estimate of drug-likeness (QED) is 0.566. The highest BCUT2D eigenvalue weighted by molar-refractivity contribution is 5.83. The van der Waals surface area contributed by atoms with Crippen LogP contribution < -0.4 is 16.2 Å². The van der Waals surface area contributed by atoms with Gasteiger partial charge in [0.15, 0.2) is 0 Å². The van der Waals surface area contributed by atoms with Gasteiger partial charge in [0.1, 0.15) is 29.8 Å². The number of nitriles is 1. The Labute approximate surface area is 162 Å². The zero-order chi connectivity index (χ0) is 19.5. The zero-order valence-corrected chi connectivity index (χ0v) is 15.0. The molecule has 0 bridgehead atoms. The number of anilines is 2. The van der Waals surface area contributed by atoms with Crippen molar-refractivity contribution in [1.29, 1.82) is 5.26 Å². The van der Waals surface area contributed by atoms with Gasteiger partial charge in [0.05, 0.1) is 5.69 Å². The van der Waals surface area contributed by atoms with Crippen LogP contribution in [-0.2, 0) is 6.61 Å². The molecule has 0 radical (unpaired) electrons. The average Bonchev–Trinajstić information content (AvgIpc) is 2.72. The second-order valence-corrected chi connectivity index (χ2v) is 6.30. The fourth-order valence-corrected chi connectivity index (χ4v) is 3.02. The third kappa shape index (κ3) is 3.41. The molecule has 1 aromatic heterocycles. The monoisotopic (exact) mass is 367 g/mol. The summed E-state index contributed by atoms with van der Waals surface area (Å²) >= 11 is 0. The van der Waals surface area contributed by atoms with Gasteiger partial charge in [0.25, 0.3) is 0 Å². The lowest BCUT2D eigenvalue weighted by atomic mass is 10.1. The minimum absolute atomic E-state index is 0.0307. The largest absolute Gasteiger partial charge is 0.489 e. The van der Waals surface area contributed by atoms with Crippen LogP contribution in [0, 0.1) is 11.3 Å². The van der Waals surface area contributed by atoms with Crippen molar-refractivity contribution >= 4 is 22.5 Å². The molecule has 0 atom stereocenters. The second kappa shape index (κ2) is 7.25. The first-order valence-electron chi connectivity index (χ1n) is 8.68. The highest BCUT2D eigenvalue weighted by atomic mass is 16.5. The predicted octanol–water partition coefficient (Wildman–Crippen LogP) is 3.91. The standard InChI is InChI=1S/C22H17N5O/c23-12-19-20(26-22(25)27-21(19)24)16-7-9-18(10-8-16)28-13-14-5-6-15-3-1-2-4-17(15)11-14/h1-11H,13H2,(H4,24,25,26,27). The van der Waals surface area contributed by atoms with Crippen molar-refractivity contribution in [3.05, 3.63) is 77.9 Å². The SMILES string of the molecule is N#Cc1c(N)nc(N)nc1-c1ccc(OCc2ccc3ccccc3c2)cc1. The number of rotatable bonds is 4. The van der Waals surface area contributed by atoms with Crippen molar-refractivity contribution in [3.63, 3.8) is 0 Å². The lowest BCUT2D eigenvalue weighted by molar-refractivity contribution is 0.306. The number of nitrogens with zero attached hydrogens (tertiary/aromatic N) is 3. The highest BCUT2D eigenvalue weighted by Gasteiger charge is 2.13. The van der Waals surface area contributed by atoms with E-state index in [1.807, 2.05) is 42.5 Å². The molecule has 6 nitrogen and oxygen atoms in total. The number of benzene rings is 3. The molecule has 0 saturated carbocycles. The van der Waals surface area contributed by atoms with Crippen LogP contribution in [0.5, 0.6) is 5.75 Å². The van der Waals surface area contributed by atoms with Crippen molar-refractivity contribution in [3.8, 4) is 23.1 Å². The van der Waals surface area contributed by atoms with Crippen LogP contribution in [0.2, 0.25) is 0 Å². The van der Waals surface area contributed by atoms with Crippen LogP contribution >= 0.6 is 0 Å². The van der Waals surface area contributed by atoms with E-state index in [0.29, 0.717) is 18.1 Å². The van der Waals surface area contributed by atoms with E-state index in [-0.39, 0.29) is 17.3 Å². The Hall–Kier alpha value is -4.11. The summed E-state index contributed by atoms with van der Waals surface area (Å²) in [6.45, 7) is 0.459. The molecular weight excluding hydrogens is 350 g/mol. The van der Waals surface area contributed by atoms with E-state index in [0.717, 1.165) is 11.1 Å². The number of nitrogens with two attached hydrogens (primary N) is 2. The molecule has 0 aliphatic heterocycles. The summed E-state index contributed by atoms with van der Waals surface area (Å²) in [6, 6.07) is 23.8. The Bertz CT molecular complexity index is 1200. The van der Waals surface area contributed by atoms with E-state index in [4.69, 9.17) is 16.2 Å². The summed E-state index contributed by atoms with van der Waals surface area (Å²) in [6.07, 6.45) is 0. The number of hydrogen-bond acceptors (Lipinski definition) is 6. The van der Waals surface area contributed by atoms with Gasteiger partial charge in [0, 0.05) is 5.56 Å². The number of nitrogen functional groups attached to an aromatic ring is 2. The lowest BCUT2D eigenvalue weighted by Gasteiger charge is -2.10. The predicted molar refractivity (Wildman–Crippen MR) is 109 cm³/mol. The third-order valence-electron chi connectivity index (χ3n) is 4.41. The third-order valence-corrected chi connectivity index (χ3v) is 4.41. The molecule has 0 saturated heterocycles. The zero-order valence-electron chi connectivity index (χ0n) is 15.0. The fraction of sp³-hybridized carbons (Fsp3) is 0.0455. The fourth-order valence-electron chi connectivity index (χ4n) is 3.02. The Morgan fingerprint density at radius 3 is 2.39 bits per heavy atom. The average molecular weight is 367 g/mol. The molecule has 0 aliphatic carbocycles. The van der Waals surface area contributed by atoms with Crippen LogP contribution in [0.15, 0.2) is 66.7 Å². The lowest BCUT2D eigenvalue weighted by Crippen LogP contribution is -2.05. The molecule has 0 amide bonds. The molecule has 4 N–H and O–H groups in total. The summed E-state index contributed by atoms with van der Waals surface area (Å²) in [4.78, 5) is 7.98. The molecule has 4 aromatic rings. The molecule has 4 rings (SSSR count). The summed E-state index contributed by atoms with van der Waals surface area (Å²) in [5.74, 6) is 0.815. The van der Waals surface area contributed by atoms with Crippen molar-refractivity contribution in [2.24, 2.45) is 0 Å². The first-order valence-corrected chi connectivity index (χ1v) is 8.68. The molecule has 0 spiro atoms. The summed E-state index contributed by atoms with van der Waals surface area (Å²) < 4.78 is 5.89. The maximum atomic E-state index is 9.32. The first kappa shape index (κ1) is 17.3. The van der Waals surface area contributed by atoms with E-state index in [9.17, 15) is 5.26 Å². The van der Waals surface area contributed by atoms with E-state index in [1.165, 1.54) is 10.8 Å². The molecule has 6 heteroatoms. The highest BCUT2D eigenvalue weighted by Crippen LogP contribution is 2.27. The smallest absolute Gasteiger partial charge is 0.222 e. The molecule has 3 aromatic carbocycles. The number of ether oxygens (including phenoxy) is 1. The van der Waals surface area contributed by atoms with E-state index in [1.54, 1.807) is 0 Å². The van der Waals surface area contributed by atoms with Crippen LogP contribution in [0.4, 0.5) is 11.8 Å². The van der Waals surface area contributed by atoms with Crippen LogP contribution in [0.1, 0.15) is 11.1 Å². The van der Waals surface area contributed by atoms with Crippen molar-refractivity contribution < 1.29 is 4.74 Å². The van der Waals surface area contributed by atoms with Gasteiger partial charge in [0.2, 0.25) is 5.95 Å². The molecule has 0 fully saturated rings. The van der Waals surface area contributed by atoms with Gasteiger partial charge >= 0.3 is 0 Å². The van der Waals surface area contributed by atoms with Crippen molar-refractivity contribution in [2.45, 2.75) is 6.61 Å². The van der Waals surface area contributed by atoms with Crippen molar-refractivity contribution in [1.82, 2.24) is 9.97 Å². The molecule has 0 unspecified atom stereocenters. The Morgan fingerprint density at radius 1 is 0.893 bits per heavy atom. The van der Waals surface area contributed by atoms with Gasteiger partial charge in [-0.25, -0.2) is 4.98 Å². The van der Waals surface area contributed by atoms with Crippen LogP contribution in [0.3, 0.4) is 0 Å². The van der Waals surface area contributed by atoms with E-state index >= 15 is 0 Å². The van der Waals surface area contributed by atoms with Gasteiger partial charge in [-0.3, -0.25) is 0 Å². The Morgan fingerprint density at radius 2 is 1.64 bits per heavy atom. The van der Waals surface area contributed by atoms with Gasteiger partial charge in [-0.1, -0.05) is 36.4 Å². The number of aromatic nitrogens is 2. The summed E-state index contributed by atoms with van der Waals surface area (Å²) in [5, 5.41) is 11.7. The maximum Gasteiger partial charge on any atom is 0.222 e. The van der Waals surface area contributed by atoms with E-state index < -0.39 is 0 Å². The maximum absolute atomic E-state index is 9.32. The molecule has 136 valence electrons. The molecule has 1 heterocycles. The Balaban J connectivity index is 1.53. The van der Waals surface area contributed by atoms with Crippen LogP contribution in [-0.4, -0.2) is 9.97 Å². The normalized spacial score (nSPS) is 10.5. The molecule has 28 heavy (non-hydrogen) atoms. The molecular formula is C22H17N5O. The number of hydrogen-bond donors (Lipinski definition) is 2. The number of fused-ring (bicyclic) bond motifs is 1. The van der Waals surface area contributed by atoms with Gasteiger partial charge < -0.3 is 16.2 Å². The summed E-state index contributed by atoms with van der Waals surface area (Å²) in [5.41, 5.74) is 13.9. The Kier molecular flexibility index (Phi) is 4.48. The first-order chi connectivity index (χ1) is 13.6. The van der Waals surface area contributed by atoms with Gasteiger partial charge in [-0.2, -0.15) is 10.2 Å². The van der Waals surface area contributed by atoms with Crippen molar-refractivity contribution in [2.75, 3.05) is 11.5 Å². The topological polar surface area (TPSA) is 111 Å². The van der Waals surface area contributed by atoms with Crippen LogP contribution in [0.25, 0.3) is 22.0 Å². The molecule has 0 aliphatic rings. The summed E-state index contributed by atoms with van der Waals surface area (Å²) in [7, 11) is 0. The minimum Gasteiger partial charge on any atom is -0.489 e. The van der Waals surface area contributed by atoms with Gasteiger partial charge in [-0.05, 0) is 46.7 Å². The minimum atomic E-state index is 0.0307. The van der Waals surface area contributed by atoms with Gasteiger partial charge in [-0.15, -0.1) is 0 Å². The second-order valence-electron chi connectivity index (χ2n) is 6.30.